The number of imidazole rings is 1. The number of fused-ring (bicyclic) bond motifs is 5. The predicted molar refractivity (Wildman–Crippen MR) is 145 cm³/mol. The Labute approximate surface area is 217 Å². The highest BCUT2D eigenvalue weighted by atomic mass is 19.1. The van der Waals surface area contributed by atoms with Crippen molar-refractivity contribution in [3.8, 4) is 28.3 Å². The molecular formula is C32H33FN4. The molecule has 188 valence electrons. The predicted octanol–water partition coefficient (Wildman–Crippen LogP) is 7.31. The molecule has 4 aliphatic rings. The monoisotopic (exact) mass is 492 g/mol. The zero-order chi connectivity index (χ0) is 24.6. The van der Waals surface area contributed by atoms with E-state index < -0.39 is 0 Å². The minimum atomic E-state index is -0.207. The minimum Gasteiger partial charge on any atom is -0.371 e. The first-order chi connectivity index (χ1) is 18.1. The fourth-order valence-electron chi connectivity index (χ4n) is 7.93. The molecule has 2 aliphatic carbocycles. The largest absolute Gasteiger partial charge is 0.371 e. The standard InChI is InChI=1S/C32H33FN4/c33-27-7-5-23(6-8-27)24-16-30-31-34-12-14-37(31)29-10-9-28(15-25(29)20-36(30)19-24)35-13-11-32(21-35)17-26(18-32)22-3-1-2-4-22/h5-10,12,14-16,19,22,26H,1-4,11,13,17-18,20-21H2. The van der Waals surface area contributed by atoms with E-state index in [1.54, 1.807) is 0 Å². The molecule has 0 amide bonds. The second-order valence-electron chi connectivity index (χ2n) is 12.1. The van der Waals surface area contributed by atoms with Crippen molar-refractivity contribution in [2.75, 3.05) is 18.0 Å². The summed E-state index contributed by atoms with van der Waals surface area (Å²) in [7, 11) is 0. The van der Waals surface area contributed by atoms with E-state index in [-0.39, 0.29) is 5.82 Å². The molecule has 4 heterocycles. The van der Waals surface area contributed by atoms with E-state index in [1.165, 1.54) is 87.1 Å². The van der Waals surface area contributed by atoms with Crippen LogP contribution in [0.4, 0.5) is 10.1 Å². The highest BCUT2D eigenvalue weighted by Gasteiger charge is 2.50. The maximum Gasteiger partial charge on any atom is 0.161 e. The van der Waals surface area contributed by atoms with Crippen LogP contribution < -0.4 is 4.90 Å². The Hall–Kier alpha value is -3.34. The Balaban J connectivity index is 1.09. The molecule has 4 aromatic rings. The van der Waals surface area contributed by atoms with Gasteiger partial charge in [0.2, 0.25) is 0 Å². The molecule has 0 N–H and O–H groups in total. The third-order valence-corrected chi connectivity index (χ3v) is 9.87. The molecule has 3 fully saturated rings. The number of hydrogen-bond donors (Lipinski definition) is 0. The first kappa shape index (κ1) is 21.7. The zero-order valence-corrected chi connectivity index (χ0v) is 21.2. The average molecular weight is 493 g/mol. The molecule has 0 atom stereocenters. The van der Waals surface area contributed by atoms with E-state index in [9.17, 15) is 4.39 Å². The first-order valence-electron chi connectivity index (χ1n) is 14.0. The zero-order valence-electron chi connectivity index (χ0n) is 21.2. The lowest BCUT2D eigenvalue weighted by Crippen LogP contribution is -2.42. The van der Waals surface area contributed by atoms with Gasteiger partial charge in [-0.2, -0.15) is 0 Å². The van der Waals surface area contributed by atoms with Gasteiger partial charge in [0, 0.05) is 49.5 Å². The highest BCUT2D eigenvalue weighted by molar-refractivity contribution is 5.72. The van der Waals surface area contributed by atoms with Crippen LogP contribution in [0.5, 0.6) is 0 Å². The SMILES string of the molecule is Fc1ccc(-c2cc3n(c2)Cc2cc(N4CCC5(CC(C6CCCC6)C5)C4)ccc2-n2ccnc2-3)cc1. The normalized spacial score (nSPS) is 24.6. The van der Waals surface area contributed by atoms with Gasteiger partial charge in [-0.25, -0.2) is 9.37 Å². The Morgan fingerprint density at radius 2 is 1.76 bits per heavy atom. The van der Waals surface area contributed by atoms with Gasteiger partial charge in [-0.15, -0.1) is 0 Å². The summed E-state index contributed by atoms with van der Waals surface area (Å²) in [6.45, 7) is 3.19. The quantitative estimate of drug-likeness (QED) is 0.264. The lowest BCUT2D eigenvalue weighted by atomic mass is 9.57. The smallest absolute Gasteiger partial charge is 0.161 e. The van der Waals surface area contributed by atoms with Crippen LogP contribution in [0, 0.1) is 23.1 Å². The summed E-state index contributed by atoms with van der Waals surface area (Å²) in [6, 6.07) is 16.0. The van der Waals surface area contributed by atoms with Crippen molar-refractivity contribution in [1.29, 1.82) is 0 Å². The fourth-order valence-corrected chi connectivity index (χ4v) is 7.93. The Bertz CT molecular complexity index is 1470. The summed E-state index contributed by atoms with van der Waals surface area (Å²) in [5, 5.41) is 0. The van der Waals surface area contributed by atoms with Crippen LogP contribution in [0.1, 0.15) is 50.5 Å². The van der Waals surface area contributed by atoms with Crippen LogP contribution in [0.2, 0.25) is 0 Å². The topological polar surface area (TPSA) is 26.0 Å². The number of aromatic nitrogens is 3. The number of nitrogens with zero attached hydrogens (tertiary/aromatic N) is 4. The van der Waals surface area contributed by atoms with E-state index in [0.29, 0.717) is 5.41 Å². The third kappa shape index (κ3) is 3.50. The van der Waals surface area contributed by atoms with Crippen LogP contribution in [0.3, 0.4) is 0 Å². The third-order valence-electron chi connectivity index (χ3n) is 9.87. The van der Waals surface area contributed by atoms with Gasteiger partial charge in [-0.1, -0.05) is 37.8 Å². The first-order valence-corrected chi connectivity index (χ1v) is 14.0. The van der Waals surface area contributed by atoms with Gasteiger partial charge < -0.3 is 9.47 Å². The fraction of sp³-hybridized carbons (Fsp3) is 0.406. The Morgan fingerprint density at radius 3 is 2.59 bits per heavy atom. The van der Waals surface area contributed by atoms with Gasteiger partial charge in [-0.05, 0) is 84.0 Å². The van der Waals surface area contributed by atoms with Crippen molar-refractivity contribution >= 4 is 5.69 Å². The van der Waals surface area contributed by atoms with Crippen molar-refractivity contribution in [2.45, 2.75) is 51.5 Å². The maximum absolute atomic E-state index is 13.5. The number of halogens is 1. The summed E-state index contributed by atoms with van der Waals surface area (Å²) in [4.78, 5) is 7.37. The summed E-state index contributed by atoms with van der Waals surface area (Å²) in [6.07, 6.45) is 16.3. The second-order valence-corrected chi connectivity index (χ2v) is 12.1. The molecule has 1 spiro atoms. The molecule has 8 rings (SSSR count). The van der Waals surface area contributed by atoms with E-state index in [0.717, 1.165) is 41.0 Å². The number of rotatable bonds is 3. The van der Waals surface area contributed by atoms with Crippen LogP contribution in [0.15, 0.2) is 67.1 Å². The maximum atomic E-state index is 13.5. The van der Waals surface area contributed by atoms with Crippen molar-refractivity contribution in [1.82, 2.24) is 14.1 Å². The molecule has 0 radical (unpaired) electrons. The van der Waals surface area contributed by atoms with Gasteiger partial charge in [0.25, 0.3) is 0 Å². The van der Waals surface area contributed by atoms with E-state index >= 15 is 0 Å². The summed E-state index contributed by atoms with van der Waals surface area (Å²) in [5.74, 6) is 2.76. The van der Waals surface area contributed by atoms with E-state index in [2.05, 4.69) is 50.7 Å². The van der Waals surface area contributed by atoms with Crippen molar-refractivity contribution in [2.24, 2.45) is 17.3 Å². The molecule has 2 aromatic heterocycles. The van der Waals surface area contributed by atoms with Gasteiger partial charge in [-0.3, -0.25) is 4.57 Å². The molecule has 2 saturated carbocycles. The van der Waals surface area contributed by atoms with Gasteiger partial charge in [0.15, 0.2) is 5.82 Å². The lowest BCUT2D eigenvalue weighted by Gasteiger charge is -2.48. The van der Waals surface area contributed by atoms with Crippen molar-refractivity contribution < 1.29 is 4.39 Å². The lowest BCUT2D eigenvalue weighted by molar-refractivity contribution is 0.0370. The van der Waals surface area contributed by atoms with Gasteiger partial charge in [0.05, 0.1) is 11.4 Å². The minimum absolute atomic E-state index is 0.207. The second kappa shape index (κ2) is 8.08. The molecule has 0 bridgehead atoms. The number of benzene rings is 2. The molecule has 1 saturated heterocycles. The van der Waals surface area contributed by atoms with E-state index in [1.807, 2.05) is 18.3 Å². The average Bonchev–Trinajstić information content (AvgIpc) is 3.69. The van der Waals surface area contributed by atoms with E-state index in [4.69, 9.17) is 4.98 Å². The Morgan fingerprint density at radius 1 is 0.919 bits per heavy atom. The summed E-state index contributed by atoms with van der Waals surface area (Å²) in [5.41, 5.74) is 7.65. The van der Waals surface area contributed by atoms with Gasteiger partial charge in [0.1, 0.15) is 5.82 Å². The molecule has 37 heavy (non-hydrogen) atoms. The molecule has 0 unspecified atom stereocenters. The molecule has 2 aliphatic heterocycles. The Kier molecular flexibility index (Phi) is 4.74. The van der Waals surface area contributed by atoms with Crippen LogP contribution >= 0.6 is 0 Å². The highest BCUT2D eigenvalue weighted by Crippen LogP contribution is 2.57. The molecule has 4 nitrogen and oxygen atoms in total. The summed E-state index contributed by atoms with van der Waals surface area (Å²) >= 11 is 0. The molecule has 5 heteroatoms. The van der Waals surface area contributed by atoms with Gasteiger partial charge >= 0.3 is 0 Å². The number of hydrogen-bond acceptors (Lipinski definition) is 2. The van der Waals surface area contributed by atoms with Crippen LogP contribution in [-0.2, 0) is 6.54 Å². The van der Waals surface area contributed by atoms with Crippen molar-refractivity contribution in [3.63, 3.8) is 0 Å². The summed E-state index contributed by atoms with van der Waals surface area (Å²) < 4.78 is 18.0. The number of anilines is 1. The molecular weight excluding hydrogens is 459 g/mol. The molecule has 2 aromatic carbocycles. The van der Waals surface area contributed by atoms with Crippen LogP contribution in [-0.4, -0.2) is 27.2 Å². The van der Waals surface area contributed by atoms with Crippen molar-refractivity contribution in [3.05, 3.63) is 78.5 Å². The van der Waals surface area contributed by atoms with Crippen LogP contribution in [0.25, 0.3) is 28.3 Å².